The minimum Gasteiger partial charge on any atom is -0.371 e. The Morgan fingerprint density at radius 1 is 1.30 bits per heavy atom. The lowest BCUT2D eigenvalue weighted by Crippen LogP contribution is -2.59. The quantitative estimate of drug-likeness (QED) is 0.847. The van der Waals surface area contributed by atoms with Crippen LogP contribution in [0.5, 0.6) is 0 Å². The summed E-state index contributed by atoms with van der Waals surface area (Å²) in [6, 6.07) is 6.09. The number of aryl methyl sites for hydroxylation is 2. The SMILES string of the molecule is Cc1cccc(COC2CSC3(C2)CN(c2nnc(C)s2)C3)n1. The molecule has 5 nitrogen and oxygen atoms in total. The molecule has 2 aromatic heterocycles. The molecule has 1 spiro atoms. The highest BCUT2D eigenvalue weighted by Crippen LogP contribution is 2.47. The lowest BCUT2D eigenvalue weighted by Gasteiger charge is -2.47. The van der Waals surface area contributed by atoms with Gasteiger partial charge in [0.25, 0.3) is 0 Å². The Kier molecular flexibility index (Phi) is 4.03. The molecule has 2 aliphatic rings. The summed E-state index contributed by atoms with van der Waals surface area (Å²) in [5, 5.41) is 10.4. The second-order valence-corrected chi connectivity index (χ2v) is 9.01. The standard InChI is InChI=1S/C16H20N4OS2/c1-11-4-3-5-13(17-11)7-21-14-6-16(22-8-14)9-20(10-16)15-19-18-12(2)23-15/h3-5,14H,6-10H2,1-2H3. The van der Waals surface area contributed by atoms with Gasteiger partial charge in [0.2, 0.25) is 5.13 Å². The smallest absolute Gasteiger partial charge is 0.208 e. The number of hydrogen-bond donors (Lipinski definition) is 0. The summed E-state index contributed by atoms with van der Waals surface area (Å²) in [6.45, 7) is 6.76. The number of anilines is 1. The molecule has 0 bridgehead atoms. The molecule has 0 amide bonds. The fourth-order valence-electron chi connectivity index (χ4n) is 3.21. The number of pyridine rings is 1. The van der Waals surface area contributed by atoms with Crippen LogP contribution in [-0.4, -0.2) is 44.9 Å². The van der Waals surface area contributed by atoms with Crippen LogP contribution in [0.3, 0.4) is 0 Å². The highest BCUT2D eigenvalue weighted by molar-refractivity contribution is 8.01. The van der Waals surface area contributed by atoms with Gasteiger partial charge in [-0.15, -0.1) is 22.0 Å². The summed E-state index contributed by atoms with van der Waals surface area (Å²) in [4.78, 5) is 6.84. The maximum Gasteiger partial charge on any atom is 0.208 e. The second kappa shape index (κ2) is 6.03. The van der Waals surface area contributed by atoms with E-state index in [1.54, 1.807) is 11.3 Å². The molecule has 4 heterocycles. The number of hydrogen-bond acceptors (Lipinski definition) is 7. The molecule has 2 saturated heterocycles. The van der Waals surface area contributed by atoms with Gasteiger partial charge in [0.15, 0.2) is 0 Å². The van der Waals surface area contributed by atoms with Crippen LogP contribution in [0.4, 0.5) is 5.13 Å². The Morgan fingerprint density at radius 2 is 2.17 bits per heavy atom. The Bertz CT molecular complexity index is 699. The lowest BCUT2D eigenvalue weighted by molar-refractivity contribution is 0.0458. The molecule has 0 radical (unpaired) electrons. The fraction of sp³-hybridized carbons (Fsp3) is 0.562. The van der Waals surface area contributed by atoms with E-state index in [1.807, 2.05) is 32.0 Å². The van der Waals surface area contributed by atoms with Crippen molar-refractivity contribution in [3.05, 3.63) is 34.6 Å². The first kappa shape index (κ1) is 15.4. The molecule has 1 atom stereocenters. The minimum absolute atomic E-state index is 0.334. The van der Waals surface area contributed by atoms with Gasteiger partial charge >= 0.3 is 0 Å². The maximum absolute atomic E-state index is 6.09. The molecule has 0 N–H and O–H groups in total. The Morgan fingerprint density at radius 3 is 2.91 bits per heavy atom. The van der Waals surface area contributed by atoms with Gasteiger partial charge in [-0.1, -0.05) is 17.4 Å². The van der Waals surface area contributed by atoms with Crippen LogP contribution in [-0.2, 0) is 11.3 Å². The van der Waals surface area contributed by atoms with Gasteiger partial charge in [0, 0.05) is 24.5 Å². The van der Waals surface area contributed by atoms with E-state index in [0.717, 1.165) is 46.8 Å². The van der Waals surface area contributed by atoms with Crippen LogP contribution in [0.15, 0.2) is 18.2 Å². The van der Waals surface area contributed by atoms with E-state index in [-0.39, 0.29) is 0 Å². The highest BCUT2D eigenvalue weighted by atomic mass is 32.2. The summed E-state index contributed by atoms with van der Waals surface area (Å²) in [5.41, 5.74) is 2.07. The summed E-state index contributed by atoms with van der Waals surface area (Å²) in [6.07, 6.45) is 1.46. The molecule has 0 aliphatic carbocycles. The molecule has 2 fully saturated rings. The van der Waals surface area contributed by atoms with E-state index in [1.165, 1.54) is 0 Å². The summed E-state index contributed by atoms with van der Waals surface area (Å²) >= 11 is 3.73. The Balaban J connectivity index is 1.29. The molecule has 1 unspecified atom stereocenters. The van der Waals surface area contributed by atoms with Crippen molar-refractivity contribution in [2.75, 3.05) is 23.7 Å². The lowest BCUT2D eigenvalue weighted by atomic mass is 9.93. The number of nitrogens with zero attached hydrogens (tertiary/aromatic N) is 4. The van der Waals surface area contributed by atoms with E-state index in [2.05, 4.69) is 31.8 Å². The predicted molar refractivity (Wildman–Crippen MR) is 94.2 cm³/mol. The summed E-state index contributed by atoms with van der Waals surface area (Å²) in [7, 11) is 0. The molecule has 7 heteroatoms. The fourth-order valence-corrected chi connectivity index (χ4v) is 5.45. The minimum atomic E-state index is 0.334. The third kappa shape index (κ3) is 3.22. The third-order valence-corrected chi connectivity index (χ3v) is 6.81. The first-order valence-corrected chi connectivity index (χ1v) is 9.65. The van der Waals surface area contributed by atoms with Crippen LogP contribution in [0.1, 0.15) is 22.8 Å². The van der Waals surface area contributed by atoms with Crippen molar-refractivity contribution in [3.63, 3.8) is 0 Å². The normalized spacial score (nSPS) is 22.5. The van der Waals surface area contributed by atoms with Crippen LogP contribution in [0, 0.1) is 13.8 Å². The van der Waals surface area contributed by atoms with Gasteiger partial charge in [-0.25, -0.2) is 0 Å². The van der Waals surface area contributed by atoms with E-state index in [0.29, 0.717) is 17.5 Å². The van der Waals surface area contributed by atoms with Gasteiger partial charge < -0.3 is 9.64 Å². The van der Waals surface area contributed by atoms with Crippen molar-refractivity contribution in [3.8, 4) is 0 Å². The first-order chi connectivity index (χ1) is 11.1. The van der Waals surface area contributed by atoms with Gasteiger partial charge in [-0.2, -0.15) is 0 Å². The zero-order valence-electron chi connectivity index (χ0n) is 13.4. The van der Waals surface area contributed by atoms with Gasteiger partial charge in [-0.05, 0) is 32.4 Å². The molecule has 2 aromatic rings. The largest absolute Gasteiger partial charge is 0.371 e. The van der Waals surface area contributed by atoms with Crippen molar-refractivity contribution in [2.45, 2.75) is 37.7 Å². The van der Waals surface area contributed by atoms with Crippen molar-refractivity contribution >= 4 is 28.2 Å². The molecular formula is C16H20N4OS2. The van der Waals surface area contributed by atoms with Gasteiger partial charge in [-0.3, -0.25) is 4.98 Å². The molecular weight excluding hydrogens is 328 g/mol. The average molecular weight is 348 g/mol. The first-order valence-electron chi connectivity index (χ1n) is 7.85. The molecule has 2 aliphatic heterocycles. The van der Waals surface area contributed by atoms with E-state index >= 15 is 0 Å². The van der Waals surface area contributed by atoms with Crippen molar-refractivity contribution in [2.24, 2.45) is 0 Å². The third-order valence-electron chi connectivity index (χ3n) is 4.33. The summed E-state index contributed by atoms with van der Waals surface area (Å²) in [5.74, 6) is 1.08. The molecule has 0 aromatic carbocycles. The van der Waals surface area contributed by atoms with Crippen molar-refractivity contribution in [1.29, 1.82) is 0 Å². The number of rotatable bonds is 4. The van der Waals surface area contributed by atoms with Crippen LogP contribution < -0.4 is 4.90 Å². The number of ether oxygens (including phenoxy) is 1. The topological polar surface area (TPSA) is 51.1 Å². The zero-order chi connectivity index (χ0) is 15.9. The molecule has 4 rings (SSSR count). The monoisotopic (exact) mass is 348 g/mol. The number of thioether (sulfide) groups is 1. The molecule has 0 saturated carbocycles. The van der Waals surface area contributed by atoms with E-state index < -0.39 is 0 Å². The highest BCUT2D eigenvalue weighted by Gasteiger charge is 2.50. The Hall–Kier alpha value is -1.18. The molecule has 23 heavy (non-hydrogen) atoms. The van der Waals surface area contributed by atoms with Crippen LogP contribution in [0.2, 0.25) is 0 Å². The van der Waals surface area contributed by atoms with Crippen LogP contribution in [0.25, 0.3) is 0 Å². The van der Waals surface area contributed by atoms with E-state index in [4.69, 9.17) is 4.74 Å². The van der Waals surface area contributed by atoms with Gasteiger partial charge in [0.05, 0.1) is 23.2 Å². The van der Waals surface area contributed by atoms with E-state index in [9.17, 15) is 0 Å². The number of aromatic nitrogens is 3. The van der Waals surface area contributed by atoms with Crippen molar-refractivity contribution < 1.29 is 4.74 Å². The average Bonchev–Trinajstić information content (AvgIpc) is 3.10. The zero-order valence-corrected chi connectivity index (χ0v) is 15.0. The molecule has 122 valence electrons. The summed E-state index contributed by atoms with van der Waals surface area (Å²) < 4.78 is 6.44. The van der Waals surface area contributed by atoms with Crippen molar-refractivity contribution in [1.82, 2.24) is 15.2 Å². The Labute approximate surface area is 144 Å². The predicted octanol–water partition coefficient (Wildman–Crippen LogP) is 2.83. The van der Waals surface area contributed by atoms with Gasteiger partial charge in [0.1, 0.15) is 5.01 Å². The maximum atomic E-state index is 6.09. The van der Waals surface area contributed by atoms with Crippen LogP contribution >= 0.6 is 23.1 Å². The second-order valence-electron chi connectivity index (χ2n) is 6.36.